The minimum atomic E-state index is -1.36. The minimum absolute atomic E-state index is 0.539. The molecule has 4 aromatic heterocycles. The summed E-state index contributed by atoms with van der Waals surface area (Å²) < 4.78 is 4.88. The number of hydrogen-bond donors (Lipinski definition) is 2. The van der Waals surface area contributed by atoms with Crippen LogP contribution in [0, 0.1) is 17.4 Å². The Hall–Kier alpha value is -3.43. The molecule has 8 nitrogen and oxygen atoms in total. The highest BCUT2D eigenvalue weighted by Crippen LogP contribution is 2.27. The van der Waals surface area contributed by atoms with E-state index in [2.05, 4.69) is 79.5 Å². The van der Waals surface area contributed by atoms with Crippen LogP contribution in [0.1, 0.15) is 11.4 Å². The highest BCUT2D eigenvalue weighted by atomic mass is 127. The quantitative estimate of drug-likeness (QED) is 0.118. The summed E-state index contributed by atoms with van der Waals surface area (Å²) in [6, 6.07) is 23.5. The fourth-order valence-electron chi connectivity index (χ4n) is 4.02. The summed E-state index contributed by atoms with van der Waals surface area (Å²) in [4.78, 5) is 10.5. The van der Waals surface area contributed by atoms with Crippen LogP contribution < -0.4 is 5.46 Å². The number of aromatic nitrogens is 6. The lowest BCUT2D eigenvalue weighted by Gasteiger charge is -2.01. The van der Waals surface area contributed by atoms with Crippen LogP contribution in [-0.4, -0.2) is 59.2 Å². The second-order valence-electron chi connectivity index (χ2n) is 9.38. The molecule has 0 bridgehead atoms. The van der Waals surface area contributed by atoms with Gasteiger partial charge in [-0.3, -0.25) is 9.97 Å². The van der Waals surface area contributed by atoms with Gasteiger partial charge >= 0.3 is 7.12 Å². The average Bonchev–Trinajstić information content (AvgIpc) is 3.63. The number of hydrogen-bond acceptors (Lipinski definition) is 8. The van der Waals surface area contributed by atoms with Crippen molar-refractivity contribution in [2.75, 3.05) is 12.5 Å². The standard InChI is InChI=1S/C16H15N3S.C9H8IN3.C7H9BO2S/c1-12-16(13-5-3-7-15(9-13)20-2)11-19(18-12)14-6-4-8-17-10-14;1-7-9(10)6-13(12-7)8-3-2-4-11-5-8;1-11-7-4-2-3-6(5-7)8(9)10/h3-11H,1-2H3;2-6H,1H3;2-5,9-10H,1H3. The Morgan fingerprint density at radius 1 is 0.705 bits per heavy atom. The molecule has 224 valence electrons. The lowest BCUT2D eigenvalue weighted by molar-refractivity contribution is 0.425. The summed E-state index contributed by atoms with van der Waals surface area (Å²) in [6.45, 7) is 4.03. The monoisotopic (exact) mass is 734 g/mol. The van der Waals surface area contributed by atoms with E-state index >= 15 is 0 Å². The van der Waals surface area contributed by atoms with Crippen LogP contribution in [0.15, 0.2) is 120 Å². The second-order valence-corrected chi connectivity index (χ2v) is 12.3. The third-order valence-corrected chi connectivity index (χ3v) is 8.84. The van der Waals surface area contributed by atoms with Gasteiger partial charge in [-0.15, -0.1) is 23.5 Å². The van der Waals surface area contributed by atoms with Crippen LogP contribution in [0.4, 0.5) is 0 Å². The van der Waals surface area contributed by atoms with E-state index in [0.29, 0.717) is 5.46 Å². The van der Waals surface area contributed by atoms with Crippen LogP contribution in [0.5, 0.6) is 0 Å². The number of thioether (sulfide) groups is 2. The number of aryl methyl sites for hydroxylation is 2. The molecule has 0 amide bonds. The molecule has 2 N–H and O–H groups in total. The molecule has 0 unspecified atom stereocenters. The van der Waals surface area contributed by atoms with Gasteiger partial charge in [0.05, 0.1) is 38.7 Å². The first-order valence-electron chi connectivity index (χ1n) is 13.5. The van der Waals surface area contributed by atoms with Gasteiger partial charge in [0.15, 0.2) is 0 Å². The van der Waals surface area contributed by atoms with Crippen molar-refractivity contribution in [3.8, 4) is 22.5 Å². The topological polar surface area (TPSA) is 102 Å². The van der Waals surface area contributed by atoms with Gasteiger partial charge in [0.1, 0.15) is 0 Å². The summed E-state index contributed by atoms with van der Waals surface area (Å²) in [5.41, 5.74) is 6.93. The van der Waals surface area contributed by atoms with Crippen LogP contribution in [0.25, 0.3) is 22.5 Å². The van der Waals surface area contributed by atoms with Gasteiger partial charge in [-0.1, -0.05) is 24.3 Å². The lowest BCUT2D eigenvalue weighted by atomic mass is 9.80. The molecule has 6 aromatic rings. The molecule has 12 heteroatoms. The smallest absolute Gasteiger partial charge is 0.423 e. The fourth-order valence-corrected chi connectivity index (χ4v) is 5.32. The Morgan fingerprint density at radius 2 is 1.27 bits per heavy atom. The Morgan fingerprint density at radius 3 is 1.80 bits per heavy atom. The molecule has 0 aliphatic carbocycles. The predicted molar refractivity (Wildman–Crippen MR) is 190 cm³/mol. The summed E-state index contributed by atoms with van der Waals surface area (Å²) in [7, 11) is -1.36. The molecule has 2 aromatic carbocycles. The molecule has 0 fully saturated rings. The predicted octanol–water partition coefficient (Wildman–Crippen LogP) is 6.23. The van der Waals surface area contributed by atoms with Crippen LogP contribution in [-0.2, 0) is 0 Å². The maximum Gasteiger partial charge on any atom is 0.488 e. The van der Waals surface area contributed by atoms with E-state index in [0.717, 1.165) is 33.2 Å². The van der Waals surface area contributed by atoms with Gasteiger partial charge in [-0.25, -0.2) is 9.36 Å². The first-order chi connectivity index (χ1) is 21.3. The van der Waals surface area contributed by atoms with Crippen molar-refractivity contribution in [1.29, 1.82) is 0 Å². The number of nitrogens with zero attached hydrogens (tertiary/aromatic N) is 6. The van der Waals surface area contributed by atoms with Gasteiger partial charge in [-0.05, 0) is 109 Å². The molecule has 0 aliphatic heterocycles. The Kier molecular flexibility index (Phi) is 12.6. The molecule has 4 heterocycles. The van der Waals surface area contributed by atoms with Crippen molar-refractivity contribution in [2.24, 2.45) is 0 Å². The zero-order chi connectivity index (χ0) is 31.5. The molecule has 0 saturated carbocycles. The van der Waals surface area contributed by atoms with Crippen molar-refractivity contribution < 1.29 is 10.0 Å². The van der Waals surface area contributed by atoms with Gasteiger partial charge in [0.25, 0.3) is 0 Å². The molecular weight excluding hydrogens is 702 g/mol. The van der Waals surface area contributed by atoms with E-state index in [-0.39, 0.29) is 0 Å². The highest BCUT2D eigenvalue weighted by Gasteiger charge is 2.10. The summed E-state index contributed by atoms with van der Waals surface area (Å²) in [6.07, 6.45) is 15.2. The zero-order valence-electron chi connectivity index (χ0n) is 24.7. The summed E-state index contributed by atoms with van der Waals surface area (Å²) in [5, 5.41) is 26.5. The largest absolute Gasteiger partial charge is 0.488 e. The molecule has 44 heavy (non-hydrogen) atoms. The first kappa shape index (κ1) is 33.5. The molecular formula is C32H32BIN6O2S2. The number of rotatable bonds is 6. The average molecular weight is 734 g/mol. The van der Waals surface area contributed by atoms with Crippen LogP contribution in [0.2, 0.25) is 0 Å². The van der Waals surface area contributed by atoms with Crippen LogP contribution in [0.3, 0.4) is 0 Å². The highest BCUT2D eigenvalue weighted by molar-refractivity contribution is 14.1. The SMILES string of the molecule is CSc1cccc(-c2cn(-c3cccnc3)nc2C)c1.CSc1cccc(B(O)O)c1.Cc1nn(-c2cccnc2)cc1I. The Labute approximate surface area is 280 Å². The maximum atomic E-state index is 8.79. The zero-order valence-corrected chi connectivity index (χ0v) is 28.5. The van der Waals surface area contributed by atoms with Crippen molar-refractivity contribution >= 4 is 58.7 Å². The molecule has 0 spiro atoms. The first-order valence-corrected chi connectivity index (χ1v) is 17.0. The van der Waals surface area contributed by atoms with Gasteiger partial charge in [0.2, 0.25) is 0 Å². The molecule has 0 saturated heterocycles. The molecule has 0 atom stereocenters. The Balaban J connectivity index is 0.000000160. The Bertz CT molecular complexity index is 1750. The number of halogens is 1. The maximum absolute atomic E-state index is 8.79. The normalized spacial score (nSPS) is 10.3. The van der Waals surface area contributed by atoms with Crippen molar-refractivity contribution in [3.05, 3.63) is 125 Å². The van der Waals surface area contributed by atoms with Gasteiger partial charge in [0, 0.05) is 40.1 Å². The lowest BCUT2D eigenvalue weighted by Crippen LogP contribution is -2.29. The van der Waals surface area contributed by atoms with Crippen LogP contribution >= 0.6 is 46.1 Å². The van der Waals surface area contributed by atoms with Gasteiger partial charge < -0.3 is 10.0 Å². The third-order valence-electron chi connectivity index (χ3n) is 6.33. The number of pyridine rings is 2. The van der Waals surface area contributed by atoms with E-state index in [9.17, 15) is 0 Å². The summed E-state index contributed by atoms with van der Waals surface area (Å²) >= 11 is 5.60. The minimum Gasteiger partial charge on any atom is -0.423 e. The van der Waals surface area contributed by atoms with E-state index in [1.54, 1.807) is 60.3 Å². The van der Waals surface area contributed by atoms with Crippen molar-refractivity contribution in [3.63, 3.8) is 0 Å². The molecule has 0 aliphatic rings. The van der Waals surface area contributed by atoms with E-state index in [1.165, 1.54) is 14.0 Å². The van der Waals surface area contributed by atoms with E-state index < -0.39 is 7.12 Å². The van der Waals surface area contributed by atoms with Gasteiger partial charge in [-0.2, -0.15) is 10.2 Å². The van der Waals surface area contributed by atoms with Crippen molar-refractivity contribution in [1.82, 2.24) is 29.5 Å². The molecule has 6 rings (SSSR count). The third kappa shape index (κ3) is 9.29. The molecule has 0 radical (unpaired) electrons. The summed E-state index contributed by atoms with van der Waals surface area (Å²) in [5.74, 6) is 0. The fraction of sp³-hybridized carbons (Fsp3) is 0.125. The van der Waals surface area contributed by atoms with Crippen molar-refractivity contribution in [2.45, 2.75) is 23.6 Å². The number of benzene rings is 2. The second kappa shape index (κ2) is 16.6. The van der Waals surface area contributed by atoms with E-state index in [1.807, 2.05) is 72.2 Å². The van der Waals surface area contributed by atoms with E-state index in [4.69, 9.17) is 10.0 Å².